The highest BCUT2D eigenvalue weighted by atomic mass is 32.2. The summed E-state index contributed by atoms with van der Waals surface area (Å²) in [5.41, 5.74) is 0.948. The van der Waals surface area contributed by atoms with Gasteiger partial charge in [0.25, 0.3) is 0 Å². The highest BCUT2D eigenvalue weighted by Gasteiger charge is 2.33. The Bertz CT molecular complexity index is 659. The second-order valence-corrected chi connectivity index (χ2v) is 7.70. The lowest BCUT2D eigenvalue weighted by atomic mass is 10.2. The Morgan fingerprint density at radius 3 is 2.67 bits per heavy atom. The molecular formula is C16H25N3O4S. The van der Waals surface area contributed by atoms with Crippen molar-refractivity contribution in [3.63, 3.8) is 0 Å². The van der Waals surface area contributed by atoms with Gasteiger partial charge in [0.2, 0.25) is 10.0 Å². The second-order valence-electron chi connectivity index (χ2n) is 5.65. The minimum Gasteiger partial charge on any atom is -0.494 e. The molecule has 0 heterocycles. The minimum atomic E-state index is -3.32. The number of nitrogens with one attached hydrogen (secondary N) is 2. The van der Waals surface area contributed by atoms with Crippen LogP contribution in [0.3, 0.4) is 0 Å². The number of rotatable bonds is 9. The van der Waals surface area contributed by atoms with Crippen LogP contribution in [0.2, 0.25) is 0 Å². The Morgan fingerprint density at radius 1 is 1.33 bits per heavy atom. The molecule has 0 aliphatic heterocycles. The quantitative estimate of drug-likeness (QED) is 0.699. The Kier molecular flexibility index (Phi) is 6.44. The lowest BCUT2D eigenvalue weighted by Crippen LogP contribution is -2.43. The number of hydrogen-bond donors (Lipinski definition) is 2. The van der Waals surface area contributed by atoms with Gasteiger partial charge in [0, 0.05) is 18.2 Å². The third-order valence-electron chi connectivity index (χ3n) is 3.82. The number of sulfonamides is 1. The van der Waals surface area contributed by atoms with Crippen molar-refractivity contribution in [3.8, 4) is 5.75 Å². The van der Waals surface area contributed by atoms with Crippen molar-refractivity contribution < 1.29 is 17.9 Å². The van der Waals surface area contributed by atoms with Gasteiger partial charge in [-0.3, -0.25) is 0 Å². The predicted octanol–water partition coefficient (Wildman–Crippen LogP) is 1.31. The molecule has 1 aliphatic carbocycles. The summed E-state index contributed by atoms with van der Waals surface area (Å²) in [5, 5.41) is 2.69. The van der Waals surface area contributed by atoms with Gasteiger partial charge in [0.15, 0.2) is 0 Å². The average Bonchev–Trinajstić information content (AvgIpc) is 3.38. The molecule has 0 saturated heterocycles. The van der Waals surface area contributed by atoms with Crippen LogP contribution >= 0.6 is 0 Å². The fraction of sp³-hybridized carbons (Fsp3) is 0.562. The van der Waals surface area contributed by atoms with E-state index in [0.29, 0.717) is 13.2 Å². The fourth-order valence-corrected chi connectivity index (χ4v) is 2.94. The summed E-state index contributed by atoms with van der Waals surface area (Å²) < 4.78 is 30.7. The monoisotopic (exact) mass is 355 g/mol. The molecule has 24 heavy (non-hydrogen) atoms. The van der Waals surface area contributed by atoms with Gasteiger partial charge in [0.05, 0.1) is 18.9 Å². The van der Waals surface area contributed by atoms with E-state index in [-0.39, 0.29) is 24.4 Å². The van der Waals surface area contributed by atoms with Crippen molar-refractivity contribution in [3.05, 3.63) is 29.8 Å². The number of benzene rings is 1. The van der Waals surface area contributed by atoms with Gasteiger partial charge in [0.1, 0.15) is 5.75 Å². The molecule has 1 saturated carbocycles. The van der Waals surface area contributed by atoms with Gasteiger partial charge in [-0.2, -0.15) is 0 Å². The lowest BCUT2D eigenvalue weighted by molar-refractivity contribution is 0.191. The van der Waals surface area contributed by atoms with Crippen molar-refractivity contribution in [2.24, 2.45) is 0 Å². The van der Waals surface area contributed by atoms with E-state index in [1.165, 1.54) is 7.05 Å². The Balaban J connectivity index is 1.98. The summed E-state index contributed by atoms with van der Waals surface area (Å²) in [5.74, 6) is 0.639. The summed E-state index contributed by atoms with van der Waals surface area (Å²) in [7, 11) is -1.96. The van der Waals surface area contributed by atoms with Crippen LogP contribution in [0.1, 0.15) is 25.3 Å². The summed E-state index contributed by atoms with van der Waals surface area (Å²) >= 11 is 0. The van der Waals surface area contributed by atoms with Crippen LogP contribution < -0.4 is 14.8 Å². The topological polar surface area (TPSA) is 87.7 Å². The predicted molar refractivity (Wildman–Crippen MR) is 92.4 cm³/mol. The molecule has 134 valence electrons. The number of amides is 2. The number of carbonyl (C=O) groups excluding carboxylic acids is 1. The van der Waals surface area contributed by atoms with Crippen molar-refractivity contribution in [2.45, 2.75) is 32.4 Å². The van der Waals surface area contributed by atoms with E-state index in [2.05, 4.69) is 10.0 Å². The van der Waals surface area contributed by atoms with E-state index in [1.807, 2.05) is 31.2 Å². The molecule has 0 atom stereocenters. The van der Waals surface area contributed by atoms with Gasteiger partial charge < -0.3 is 15.0 Å². The van der Waals surface area contributed by atoms with Crippen LogP contribution in [0.25, 0.3) is 0 Å². The number of para-hydroxylation sites is 1. The first-order chi connectivity index (χ1) is 11.5. The van der Waals surface area contributed by atoms with E-state index in [0.717, 1.165) is 24.2 Å². The van der Waals surface area contributed by atoms with Crippen LogP contribution in [0.5, 0.6) is 5.75 Å². The molecule has 0 radical (unpaired) electrons. The summed E-state index contributed by atoms with van der Waals surface area (Å²) in [6.45, 7) is 3.02. The molecule has 2 rings (SSSR count). The number of carbonyl (C=O) groups is 1. The van der Waals surface area contributed by atoms with E-state index in [9.17, 15) is 13.2 Å². The molecule has 0 unspecified atom stereocenters. The van der Waals surface area contributed by atoms with E-state index in [4.69, 9.17) is 4.74 Å². The van der Waals surface area contributed by atoms with E-state index in [1.54, 1.807) is 4.90 Å². The molecule has 1 fully saturated rings. The molecular weight excluding hydrogens is 330 g/mol. The van der Waals surface area contributed by atoms with Crippen LogP contribution in [-0.4, -0.2) is 51.3 Å². The summed E-state index contributed by atoms with van der Waals surface area (Å²) in [4.78, 5) is 14.2. The SMILES string of the molecule is CCOc1ccccc1CN(C(=O)NCCS(=O)(=O)NC)C1CC1. The maximum absolute atomic E-state index is 12.4. The zero-order valence-corrected chi connectivity index (χ0v) is 14.9. The Morgan fingerprint density at radius 2 is 2.04 bits per heavy atom. The molecule has 1 aliphatic rings. The van der Waals surface area contributed by atoms with Crippen LogP contribution in [0.15, 0.2) is 24.3 Å². The molecule has 7 nitrogen and oxygen atoms in total. The van der Waals surface area contributed by atoms with Gasteiger partial charge in [-0.25, -0.2) is 17.9 Å². The number of urea groups is 1. The minimum absolute atomic E-state index is 0.0817. The smallest absolute Gasteiger partial charge is 0.317 e. The van der Waals surface area contributed by atoms with Crippen molar-refractivity contribution in [2.75, 3.05) is 26.0 Å². The van der Waals surface area contributed by atoms with Crippen molar-refractivity contribution in [1.82, 2.24) is 14.9 Å². The highest BCUT2D eigenvalue weighted by Crippen LogP contribution is 2.30. The average molecular weight is 355 g/mol. The van der Waals surface area contributed by atoms with Gasteiger partial charge >= 0.3 is 6.03 Å². The van der Waals surface area contributed by atoms with Gasteiger partial charge in [-0.1, -0.05) is 18.2 Å². The molecule has 8 heteroatoms. The first kappa shape index (κ1) is 18.5. The standard InChI is InChI=1S/C16H25N3O4S/c1-3-23-15-7-5-4-6-13(15)12-19(14-8-9-14)16(20)18-10-11-24(21,22)17-2/h4-7,14,17H,3,8-12H2,1-2H3,(H,18,20). The molecule has 2 amide bonds. The maximum Gasteiger partial charge on any atom is 0.317 e. The van der Waals surface area contributed by atoms with Crippen molar-refractivity contribution >= 4 is 16.1 Å². The van der Waals surface area contributed by atoms with Gasteiger partial charge in [-0.05, 0) is 32.9 Å². The summed E-state index contributed by atoms with van der Waals surface area (Å²) in [6.07, 6.45) is 1.94. The second kappa shape index (κ2) is 8.34. The largest absolute Gasteiger partial charge is 0.494 e. The van der Waals surface area contributed by atoms with E-state index < -0.39 is 10.0 Å². The molecule has 0 spiro atoms. The van der Waals surface area contributed by atoms with E-state index >= 15 is 0 Å². The van der Waals surface area contributed by atoms with Crippen molar-refractivity contribution in [1.29, 1.82) is 0 Å². The summed E-state index contributed by atoms with van der Waals surface area (Å²) in [6, 6.07) is 7.62. The molecule has 0 aromatic heterocycles. The number of nitrogens with zero attached hydrogens (tertiary/aromatic N) is 1. The zero-order chi connectivity index (χ0) is 17.6. The number of ether oxygens (including phenoxy) is 1. The van der Waals surface area contributed by atoms with Crippen LogP contribution in [-0.2, 0) is 16.6 Å². The molecule has 2 N–H and O–H groups in total. The molecule has 1 aromatic carbocycles. The molecule has 0 bridgehead atoms. The zero-order valence-electron chi connectivity index (χ0n) is 14.1. The third kappa shape index (κ3) is 5.38. The molecule has 1 aromatic rings. The first-order valence-corrected chi connectivity index (χ1v) is 9.78. The normalized spacial score (nSPS) is 14.2. The number of hydrogen-bond acceptors (Lipinski definition) is 4. The maximum atomic E-state index is 12.4. The van der Waals surface area contributed by atoms with Crippen LogP contribution in [0.4, 0.5) is 4.79 Å². The highest BCUT2D eigenvalue weighted by molar-refractivity contribution is 7.89. The van der Waals surface area contributed by atoms with Gasteiger partial charge in [-0.15, -0.1) is 0 Å². The lowest BCUT2D eigenvalue weighted by Gasteiger charge is -2.24. The first-order valence-electron chi connectivity index (χ1n) is 8.13. The third-order valence-corrected chi connectivity index (χ3v) is 5.18. The van der Waals surface area contributed by atoms with Crippen LogP contribution in [0, 0.1) is 0 Å². The Hall–Kier alpha value is -1.80. The fourth-order valence-electron chi connectivity index (χ4n) is 2.36. The Labute approximate surface area is 143 Å².